The standard InChI is InChI=1S/C42H87P/c1-3-5-7-9-11-13-15-17-19-21-23-25-27-29-31-33-35-37-39-41-43-42-40-38-36-34-32-30-28-26-24-22-20-18-16-14-12-10-8-6-4-2/h43H,3-42H2,1-2H3. The molecule has 0 nitrogen and oxygen atoms in total. The smallest absolute Gasteiger partial charge is 0.0353 e. The Morgan fingerprint density at radius 1 is 0.186 bits per heavy atom. The van der Waals surface area contributed by atoms with E-state index in [9.17, 15) is 0 Å². The maximum absolute atomic E-state index is 2.31. The van der Waals surface area contributed by atoms with Crippen LogP contribution in [0.25, 0.3) is 0 Å². The second-order valence-electron chi connectivity index (χ2n) is 14.5. The van der Waals surface area contributed by atoms with Crippen LogP contribution in [0.5, 0.6) is 0 Å². The minimum atomic E-state index is 1.25. The fourth-order valence-corrected chi connectivity index (χ4v) is 8.03. The van der Waals surface area contributed by atoms with Crippen LogP contribution in [0.15, 0.2) is 0 Å². The highest BCUT2D eigenvalue weighted by Gasteiger charge is 1.98. The third-order valence-corrected chi connectivity index (χ3v) is 11.3. The Labute approximate surface area is 278 Å². The van der Waals surface area contributed by atoms with Gasteiger partial charge >= 0.3 is 0 Å². The van der Waals surface area contributed by atoms with Crippen LogP contribution in [-0.4, -0.2) is 12.3 Å². The number of unbranched alkanes of at least 4 members (excludes halogenated alkanes) is 36. The zero-order valence-electron chi connectivity index (χ0n) is 30.8. The highest BCUT2D eigenvalue weighted by Crippen LogP contribution is 2.20. The summed E-state index contributed by atoms with van der Waals surface area (Å²) in [6.45, 7) is 4.62. The lowest BCUT2D eigenvalue weighted by Gasteiger charge is -2.05. The van der Waals surface area contributed by atoms with Crippen molar-refractivity contribution in [1.82, 2.24) is 0 Å². The van der Waals surface area contributed by atoms with Gasteiger partial charge in [-0.05, 0) is 25.2 Å². The molecule has 0 fully saturated rings. The summed E-state index contributed by atoms with van der Waals surface area (Å²) in [5.74, 6) is 0. The van der Waals surface area contributed by atoms with Gasteiger partial charge in [-0.3, -0.25) is 0 Å². The van der Waals surface area contributed by atoms with Gasteiger partial charge in [0.1, 0.15) is 0 Å². The van der Waals surface area contributed by atoms with E-state index in [0.717, 1.165) is 0 Å². The van der Waals surface area contributed by atoms with Crippen LogP contribution in [0.4, 0.5) is 0 Å². The maximum atomic E-state index is 2.31. The molecule has 0 aromatic rings. The van der Waals surface area contributed by atoms with Crippen molar-refractivity contribution in [3.63, 3.8) is 0 Å². The molecule has 0 spiro atoms. The van der Waals surface area contributed by atoms with Crippen molar-refractivity contribution in [3.05, 3.63) is 0 Å². The molecule has 0 bridgehead atoms. The fourth-order valence-electron chi connectivity index (χ4n) is 6.78. The Bertz CT molecular complexity index is 406. The van der Waals surface area contributed by atoms with Crippen molar-refractivity contribution in [2.45, 2.75) is 258 Å². The summed E-state index contributed by atoms with van der Waals surface area (Å²) in [5, 5.41) is 0. The Balaban J connectivity index is 3.02. The predicted molar refractivity (Wildman–Crippen MR) is 205 cm³/mol. The maximum Gasteiger partial charge on any atom is -0.0353 e. The first-order valence-corrected chi connectivity index (χ1v) is 22.5. The average Bonchev–Trinajstić information content (AvgIpc) is 3.02. The third-order valence-electron chi connectivity index (χ3n) is 9.91. The quantitative estimate of drug-likeness (QED) is 0.0471. The zero-order chi connectivity index (χ0) is 31.0. The largest absolute Gasteiger partial charge is 0.122 e. The zero-order valence-corrected chi connectivity index (χ0v) is 31.8. The molecule has 0 rings (SSSR count). The highest BCUT2D eigenvalue weighted by atomic mass is 31.1. The Hall–Kier alpha value is 0.430. The molecule has 0 unspecified atom stereocenters. The normalized spacial score (nSPS) is 11.6. The van der Waals surface area contributed by atoms with E-state index in [1.807, 2.05) is 0 Å². The van der Waals surface area contributed by atoms with Gasteiger partial charge in [-0.2, -0.15) is 0 Å². The van der Waals surface area contributed by atoms with E-state index in [2.05, 4.69) is 13.8 Å². The summed E-state index contributed by atoms with van der Waals surface area (Å²) in [7, 11) is 1.25. The van der Waals surface area contributed by atoms with E-state index in [4.69, 9.17) is 0 Å². The van der Waals surface area contributed by atoms with Crippen molar-refractivity contribution in [3.8, 4) is 0 Å². The van der Waals surface area contributed by atoms with Crippen molar-refractivity contribution in [2.24, 2.45) is 0 Å². The Morgan fingerprint density at radius 3 is 0.488 bits per heavy atom. The molecular weight excluding hydrogens is 535 g/mol. The predicted octanol–water partition coefficient (Wildman–Crippen LogP) is 16.5. The number of hydrogen-bond acceptors (Lipinski definition) is 0. The van der Waals surface area contributed by atoms with Gasteiger partial charge in [0, 0.05) is 0 Å². The summed E-state index contributed by atoms with van der Waals surface area (Å²) >= 11 is 0. The van der Waals surface area contributed by atoms with Crippen LogP contribution in [0.2, 0.25) is 0 Å². The highest BCUT2D eigenvalue weighted by molar-refractivity contribution is 7.37. The lowest BCUT2D eigenvalue weighted by atomic mass is 10.0. The molecule has 260 valence electrons. The monoisotopic (exact) mass is 623 g/mol. The van der Waals surface area contributed by atoms with Gasteiger partial charge in [-0.25, -0.2) is 0 Å². The molecular formula is C42H87P. The molecule has 0 radical (unpaired) electrons. The van der Waals surface area contributed by atoms with E-state index in [1.165, 1.54) is 265 Å². The molecule has 0 aliphatic heterocycles. The number of hydrogen-bond donors (Lipinski definition) is 0. The van der Waals surface area contributed by atoms with Crippen LogP contribution in [0.1, 0.15) is 258 Å². The molecule has 0 atom stereocenters. The van der Waals surface area contributed by atoms with Crippen molar-refractivity contribution < 1.29 is 0 Å². The number of rotatable bonds is 40. The average molecular weight is 623 g/mol. The van der Waals surface area contributed by atoms with E-state index in [1.54, 1.807) is 0 Å². The summed E-state index contributed by atoms with van der Waals surface area (Å²) in [4.78, 5) is 0. The van der Waals surface area contributed by atoms with Gasteiger partial charge in [0.25, 0.3) is 0 Å². The van der Waals surface area contributed by atoms with E-state index in [-0.39, 0.29) is 0 Å². The molecule has 0 aliphatic rings. The summed E-state index contributed by atoms with van der Waals surface area (Å²) in [6.07, 6.45) is 59.5. The second kappa shape index (κ2) is 42.4. The first-order chi connectivity index (χ1) is 21.4. The van der Waals surface area contributed by atoms with Crippen molar-refractivity contribution in [1.29, 1.82) is 0 Å². The van der Waals surface area contributed by atoms with Gasteiger partial charge in [-0.15, -0.1) is 8.58 Å². The molecule has 0 N–H and O–H groups in total. The molecule has 43 heavy (non-hydrogen) atoms. The van der Waals surface area contributed by atoms with Crippen molar-refractivity contribution >= 4 is 8.58 Å². The van der Waals surface area contributed by atoms with E-state index in [0.29, 0.717) is 0 Å². The first-order valence-electron chi connectivity index (χ1n) is 21.1. The van der Waals surface area contributed by atoms with Gasteiger partial charge in [0.15, 0.2) is 0 Å². The molecule has 0 amide bonds. The van der Waals surface area contributed by atoms with Gasteiger partial charge < -0.3 is 0 Å². The second-order valence-corrected chi connectivity index (χ2v) is 16.0. The fraction of sp³-hybridized carbons (Fsp3) is 1.00. The van der Waals surface area contributed by atoms with Gasteiger partial charge in [0.05, 0.1) is 0 Å². The van der Waals surface area contributed by atoms with Crippen LogP contribution < -0.4 is 0 Å². The van der Waals surface area contributed by atoms with Crippen LogP contribution in [0, 0.1) is 0 Å². The molecule has 0 aromatic heterocycles. The molecule has 1 heteroatoms. The molecule has 0 aliphatic carbocycles. The Kier molecular flexibility index (Phi) is 42.9. The summed E-state index contributed by atoms with van der Waals surface area (Å²) in [6, 6.07) is 0. The molecule has 0 saturated carbocycles. The molecule has 0 saturated heterocycles. The van der Waals surface area contributed by atoms with E-state index < -0.39 is 0 Å². The summed E-state index contributed by atoms with van der Waals surface area (Å²) < 4.78 is 0. The van der Waals surface area contributed by atoms with Crippen LogP contribution in [-0.2, 0) is 0 Å². The topological polar surface area (TPSA) is 0 Å². The lowest BCUT2D eigenvalue weighted by molar-refractivity contribution is 0.524. The lowest BCUT2D eigenvalue weighted by Crippen LogP contribution is -1.86. The SMILES string of the molecule is CCCCCCCCCCCCCCCCCCCCCPCCCCCCCCCCCCCCCCCCCCC. The molecule has 0 aromatic carbocycles. The Morgan fingerprint density at radius 2 is 0.326 bits per heavy atom. The minimum absolute atomic E-state index is 1.25. The van der Waals surface area contributed by atoms with Gasteiger partial charge in [0.2, 0.25) is 0 Å². The third kappa shape index (κ3) is 42.4. The van der Waals surface area contributed by atoms with Crippen LogP contribution in [0.3, 0.4) is 0 Å². The van der Waals surface area contributed by atoms with Crippen molar-refractivity contribution in [2.75, 3.05) is 12.3 Å². The van der Waals surface area contributed by atoms with Gasteiger partial charge in [-0.1, -0.05) is 245 Å². The van der Waals surface area contributed by atoms with E-state index >= 15 is 0 Å². The van der Waals surface area contributed by atoms with Crippen LogP contribution >= 0.6 is 8.58 Å². The summed E-state index contributed by atoms with van der Waals surface area (Å²) in [5.41, 5.74) is 0. The molecule has 0 heterocycles. The minimum Gasteiger partial charge on any atom is -0.122 e. The first kappa shape index (κ1) is 43.4.